The average molecular weight is 338 g/mol. The number of aliphatic carboxylic acids is 1. The Morgan fingerprint density at radius 1 is 1.24 bits per heavy atom. The quantitative estimate of drug-likeness (QED) is 0.885. The van der Waals surface area contributed by atoms with Crippen LogP contribution in [0.5, 0.6) is 0 Å². The van der Waals surface area contributed by atoms with Crippen LogP contribution in [0.15, 0.2) is 41.4 Å². The van der Waals surface area contributed by atoms with Crippen molar-refractivity contribution in [3.63, 3.8) is 0 Å². The normalized spacial score (nSPS) is 18.8. The number of fused-ring (bicyclic) bond motifs is 3. The zero-order valence-electron chi connectivity index (χ0n) is 15.3. The van der Waals surface area contributed by atoms with Crippen LogP contribution < -0.4 is 5.32 Å². The van der Waals surface area contributed by atoms with E-state index >= 15 is 0 Å². The average Bonchev–Trinajstić information content (AvgIpc) is 2.52. The first-order valence-electron chi connectivity index (χ1n) is 8.86. The minimum atomic E-state index is -0.867. The van der Waals surface area contributed by atoms with Gasteiger partial charge >= 0.3 is 5.97 Å². The molecule has 1 heterocycles. The van der Waals surface area contributed by atoms with E-state index in [-0.39, 0.29) is 11.5 Å². The maximum absolute atomic E-state index is 11.7. The Hall–Kier alpha value is -2.36. The molecule has 2 N–H and O–H groups in total. The van der Waals surface area contributed by atoms with Gasteiger partial charge in [0.2, 0.25) is 0 Å². The Morgan fingerprint density at radius 3 is 2.64 bits per heavy atom. The van der Waals surface area contributed by atoms with Crippen molar-refractivity contribution in [2.24, 2.45) is 10.9 Å². The molecule has 25 heavy (non-hydrogen) atoms. The molecule has 3 rings (SSSR count). The maximum Gasteiger partial charge on any atom is 0.328 e. The molecule has 0 saturated carbocycles. The molecule has 0 amide bonds. The van der Waals surface area contributed by atoms with Crippen LogP contribution in [0.2, 0.25) is 0 Å². The van der Waals surface area contributed by atoms with E-state index in [0.29, 0.717) is 12.3 Å². The highest BCUT2D eigenvalue weighted by Gasteiger charge is 2.31. The van der Waals surface area contributed by atoms with Crippen LogP contribution in [0.25, 0.3) is 10.8 Å². The van der Waals surface area contributed by atoms with Crippen LogP contribution in [-0.4, -0.2) is 28.5 Å². The predicted octanol–water partition coefficient (Wildman–Crippen LogP) is 4.01. The lowest BCUT2D eigenvalue weighted by Crippen LogP contribution is -2.50. The highest BCUT2D eigenvalue weighted by Crippen LogP contribution is 2.30. The summed E-state index contributed by atoms with van der Waals surface area (Å²) in [5.41, 5.74) is 2.10. The molecule has 0 bridgehead atoms. The Kier molecular flexibility index (Phi) is 4.55. The summed E-state index contributed by atoms with van der Waals surface area (Å²) in [4.78, 5) is 16.3. The Labute approximate surface area is 149 Å². The summed E-state index contributed by atoms with van der Waals surface area (Å²) in [7, 11) is 0. The third-order valence-corrected chi connectivity index (χ3v) is 4.64. The van der Waals surface area contributed by atoms with E-state index in [2.05, 4.69) is 48.4 Å². The molecule has 2 aromatic rings. The number of nitrogens with one attached hydrogen (secondary N) is 1. The minimum Gasteiger partial charge on any atom is -0.480 e. The van der Waals surface area contributed by atoms with Crippen molar-refractivity contribution in [2.45, 2.75) is 52.1 Å². The summed E-state index contributed by atoms with van der Waals surface area (Å²) in [5.74, 6) is 0.108. The molecule has 0 aliphatic carbocycles. The van der Waals surface area contributed by atoms with Crippen LogP contribution >= 0.6 is 0 Å². The van der Waals surface area contributed by atoms with Gasteiger partial charge in [0.1, 0.15) is 11.9 Å². The van der Waals surface area contributed by atoms with Crippen molar-refractivity contribution in [3.8, 4) is 0 Å². The molecule has 0 radical (unpaired) electrons. The number of amidine groups is 1. The van der Waals surface area contributed by atoms with Crippen LogP contribution in [0, 0.1) is 5.92 Å². The number of nitrogens with zero attached hydrogens (tertiary/aromatic N) is 1. The fraction of sp³-hybridized carbons (Fsp3) is 0.429. The Morgan fingerprint density at radius 2 is 1.96 bits per heavy atom. The molecule has 132 valence electrons. The van der Waals surface area contributed by atoms with Crippen LogP contribution in [-0.2, 0) is 11.2 Å². The molecule has 4 heteroatoms. The van der Waals surface area contributed by atoms with Crippen LogP contribution in [0.1, 0.15) is 45.2 Å². The molecule has 2 aromatic carbocycles. The standard InChI is InChI=1S/C21H26N2O2/c1-13(2)11-18(20(24)25)22-19-16-10-9-14-7-5-6-8-15(14)17(16)12-21(3,4)23-19/h5-10,13,18H,11-12H2,1-4H3,(H,22,23)(H,24,25). The van der Waals surface area contributed by atoms with Crippen molar-refractivity contribution >= 4 is 22.6 Å². The zero-order valence-corrected chi connectivity index (χ0v) is 15.3. The van der Waals surface area contributed by atoms with Gasteiger partial charge in [0.25, 0.3) is 0 Å². The molecule has 0 saturated heterocycles. The van der Waals surface area contributed by atoms with Crippen molar-refractivity contribution in [3.05, 3.63) is 47.5 Å². The summed E-state index contributed by atoms with van der Waals surface area (Å²) in [5, 5.41) is 15.5. The molecular weight excluding hydrogens is 312 g/mol. The monoisotopic (exact) mass is 338 g/mol. The van der Waals surface area contributed by atoms with E-state index in [1.807, 2.05) is 26.0 Å². The third-order valence-electron chi connectivity index (χ3n) is 4.64. The number of carboxylic acid groups (broad SMARTS) is 1. The molecule has 1 unspecified atom stereocenters. The lowest BCUT2D eigenvalue weighted by Gasteiger charge is -2.36. The Balaban J connectivity index is 2.14. The van der Waals surface area contributed by atoms with Crippen LogP contribution in [0.3, 0.4) is 0 Å². The molecule has 1 aliphatic heterocycles. The van der Waals surface area contributed by atoms with Crippen molar-refractivity contribution in [2.75, 3.05) is 0 Å². The van der Waals surface area contributed by atoms with Crippen molar-refractivity contribution < 1.29 is 9.90 Å². The lowest BCUT2D eigenvalue weighted by atomic mass is 9.84. The summed E-state index contributed by atoms with van der Waals surface area (Å²) in [6.07, 6.45) is 1.41. The van der Waals surface area contributed by atoms with Gasteiger partial charge in [-0.25, -0.2) is 4.79 Å². The van der Waals surface area contributed by atoms with Gasteiger partial charge in [-0.1, -0.05) is 50.2 Å². The summed E-state index contributed by atoms with van der Waals surface area (Å²) in [6.45, 7) is 8.31. The second-order valence-electron chi connectivity index (χ2n) is 7.96. The van der Waals surface area contributed by atoms with E-state index in [1.165, 1.54) is 16.3 Å². The molecule has 0 fully saturated rings. The fourth-order valence-electron chi connectivity index (χ4n) is 3.54. The van der Waals surface area contributed by atoms with Gasteiger partial charge < -0.3 is 10.4 Å². The second kappa shape index (κ2) is 6.51. The van der Waals surface area contributed by atoms with E-state index in [1.54, 1.807) is 0 Å². The number of rotatable bonds is 4. The first-order valence-corrected chi connectivity index (χ1v) is 8.86. The minimum absolute atomic E-state index is 0.170. The van der Waals surface area contributed by atoms with Gasteiger partial charge in [0, 0.05) is 11.1 Å². The second-order valence-corrected chi connectivity index (χ2v) is 7.96. The van der Waals surface area contributed by atoms with Gasteiger partial charge in [0.05, 0.1) is 0 Å². The first kappa shape index (κ1) is 17.5. The molecule has 1 atom stereocenters. The smallest absolute Gasteiger partial charge is 0.328 e. The SMILES string of the molecule is CC(C)CC(N=C1NC(C)(C)Cc2c1ccc1ccccc21)C(=O)O. The highest BCUT2D eigenvalue weighted by atomic mass is 16.4. The predicted molar refractivity (Wildman–Crippen MR) is 102 cm³/mol. The molecule has 0 spiro atoms. The molecule has 1 aliphatic rings. The van der Waals surface area contributed by atoms with Gasteiger partial charge in [0.15, 0.2) is 0 Å². The number of hydrogen-bond acceptors (Lipinski definition) is 2. The number of carbonyl (C=O) groups is 1. The third kappa shape index (κ3) is 3.68. The van der Waals surface area contributed by atoms with Gasteiger partial charge in [-0.15, -0.1) is 0 Å². The van der Waals surface area contributed by atoms with Gasteiger partial charge in [-0.3, -0.25) is 4.99 Å². The number of aliphatic imine (C=N–C) groups is 1. The van der Waals surface area contributed by atoms with Crippen molar-refractivity contribution in [1.29, 1.82) is 0 Å². The number of hydrogen-bond donors (Lipinski definition) is 2. The maximum atomic E-state index is 11.7. The molecule has 4 nitrogen and oxygen atoms in total. The van der Waals surface area contributed by atoms with E-state index in [9.17, 15) is 9.90 Å². The summed E-state index contributed by atoms with van der Waals surface area (Å²) >= 11 is 0. The highest BCUT2D eigenvalue weighted by molar-refractivity contribution is 6.06. The van der Waals surface area contributed by atoms with E-state index in [4.69, 9.17) is 0 Å². The molecule has 0 aromatic heterocycles. The van der Waals surface area contributed by atoms with Crippen molar-refractivity contribution in [1.82, 2.24) is 5.32 Å². The lowest BCUT2D eigenvalue weighted by molar-refractivity contribution is -0.138. The molecular formula is C21H26N2O2. The summed E-state index contributed by atoms with van der Waals surface area (Å²) < 4.78 is 0. The van der Waals surface area contributed by atoms with Crippen LogP contribution in [0.4, 0.5) is 0 Å². The topological polar surface area (TPSA) is 61.7 Å². The fourth-order valence-corrected chi connectivity index (χ4v) is 3.54. The van der Waals surface area contributed by atoms with E-state index < -0.39 is 12.0 Å². The number of carboxylic acids is 1. The van der Waals surface area contributed by atoms with Gasteiger partial charge in [-0.2, -0.15) is 0 Å². The first-order chi connectivity index (χ1) is 11.8. The Bertz CT molecular complexity index is 837. The summed E-state index contributed by atoms with van der Waals surface area (Å²) in [6, 6.07) is 11.8. The van der Waals surface area contributed by atoms with E-state index in [0.717, 1.165) is 12.0 Å². The largest absolute Gasteiger partial charge is 0.480 e. The zero-order chi connectivity index (χ0) is 18.2. The number of benzene rings is 2. The van der Waals surface area contributed by atoms with Gasteiger partial charge in [-0.05, 0) is 48.9 Å².